The zero-order valence-electron chi connectivity index (χ0n) is 11.7. The first-order chi connectivity index (χ1) is 8.97. The van der Waals surface area contributed by atoms with E-state index in [2.05, 4.69) is 11.9 Å². The van der Waals surface area contributed by atoms with Gasteiger partial charge in [-0.05, 0) is 38.1 Å². The lowest BCUT2D eigenvalue weighted by atomic mass is 10.1. The molecule has 0 amide bonds. The molecule has 5 nitrogen and oxygen atoms in total. The van der Waals surface area contributed by atoms with Crippen molar-refractivity contribution in [3.63, 3.8) is 0 Å². The van der Waals surface area contributed by atoms with Crippen LogP contribution < -0.4 is 11.5 Å². The molecule has 0 radical (unpaired) electrons. The van der Waals surface area contributed by atoms with Crippen LogP contribution in [0.2, 0.25) is 0 Å². The van der Waals surface area contributed by atoms with Crippen LogP contribution >= 0.6 is 0 Å². The van der Waals surface area contributed by atoms with Gasteiger partial charge in [-0.2, -0.15) is 0 Å². The molecule has 1 atom stereocenters. The molecular weight excluding hydrogens is 242 g/mol. The highest BCUT2D eigenvalue weighted by Crippen LogP contribution is 2.14. The Morgan fingerprint density at radius 1 is 1.47 bits per heavy atom. The standard InChI is InChI=1S/C14H21N3O2/c1-10(15)9-16(2)7-6-11-4-5-12-13(8-11)19-14(18)17(12)3/h4-5,8,10H,6-7,9,15H2,1-3H3. The van der Waals surface area contributed by atoms with Crippen molar-refractivity contribution in [1.82, 2.24) is 9.47 Å². The molecule has 0 aliphatic heterocycles. The van der Waals surface area contributed by atoms with E-state index >= 15 is 0 Å². The number of benzene rings is 1. The molecule has 0 aliphatic rings. The smallest absolute Gasteiger partial charge is 0.408 e. The highest BCUT2D eigenvalue weighted by Gasteiger charge is 2.07. The number of fused-ring (bicyclic) bond motifs is 1. The minimum atomic E-state index is -0.318. The molecule has 104 valence electrons. The highest BCUT2D eigenvalue weighted by atomic mass is 16.4. The third-order valence-electron chi connectivity index (χ3n) is 3.24. The van der Waals surface area contributed by atoms with Crippen LogP contribution in [-0.2, 0) is 13.5 Å². The van der Waals surface area contributed by atoms with E-state index in [1.807, 2.05) is 25.1 Å². The first kappa shape index (κ1) is 13.8. The molecule has 2 rings (SSSR count). The Labute approximate surface area is 112 Å². The lowest BCUT2D eigenvalue weighted by Crippen LogP contribution is -2.34. The molecule has 0 spiro atoms. The number of oxazole rings is 1. The topological polar surface area (TPSA) is 64.4 Å². The molecule has 0 bridgehead atoms. The number of hydrogen-bond acceptors (Lipinski definition) is 4. The van der Waals surface area contributed by atoms with Gasteiger partial charge in [0.2, 0.25) is 0 Å². The van der Waals surface area contributed by atoms with Crippen LogP contribution in [-0.4, -0.2) is 35.6 Å². The minimum Gasteiger partial charge on any atom is -0.408 e. The van der Waals surface area contributed by atoms with Gasteiger partial charge in [0.1, 0.15) is 0 Å². The van der Waals surface area contributed by atoms with Crippen LogP contribution in [0.15, 0.2) is 27.4 Å². The van der Waals surface area contributed by atoms with Gasteiger partial charge in [0.05, 0.1) is 5.52 Å². The van der Waals surface area contributed by atoms with Crippen LogP contribution in [0, 0.1) is 0 Å². The predicted octanol–water partition coefficient (Wildman–Crippen LogP) is 0.953. The van der Waals surface area contributed by atoms with Crippen molar-refractivity contribution in [2.75, 3.05) is 20.1 Å². The van der Waals surface area contributed by atoms with Crippen LogP contribution in [0.5, 0.6) is 0 Å². The molecule has 1 unspecified atom stereocenters. The fourth-order valence-electron chi connectivity index (χ4n) is 2.24. The van der Waals surface area contributed by atoms with E-state index in [9.17, 15) is 4.79 Å². The molecule has 0 aliphatic carbocycles. The molecule has 2 aromatic rings. The van der Waals surface area contributed by atoms with Gasteiger partial charge in [0, 0.05) is 26.2 Å². The molecule has 0 fully saturated rings. The number of rotatable bonds is 5. The van der Waals surface area contributed by atoms with Crippen LogP contribution in [0.25, 0.3) is 11.1 Å². The zero-order chi connectivity index (χ0) is 14.0. The summed E-state index contributed by atoms with van der Waals surface area (Å²) in [5, 5.41) is 0. The first-order valence-corrected chi connectivity index (χ1v) is 6.50. The quantitative estimate of drug-likeness (QED) is 0.872. The Kier molecular flexibility index (Phi) is 4.07. The van der Waals surface area contributed by atoms with Gasteiger partial charge in [-0.3, -0.25) is 4.57 Å². The largest absolute Gasteiger partial charge is 0.419 e. The Morgan fingerprint density at radius 3 is 2.89 bits per heavy atom. The summed E-state index contributed by atoms with van der Waals surface area (Å²) >= 11 is 0. The van der Waals surface area contributed by atoms with Crippen molar-refractivity contribution in [3.05, 3.63) is 34.3 Å². The molecule has 1 heterocycles. The van der Waals surface area contributed by atoms with Crippen LogP contribution in [0.3, 0.4) is 0 Å². The maximum atomic E-state index is 11.4. The first-order valence-electron chi connectivity index (χ1n) is 6.50. The normalized spacial score (nSPS) is 13.3. The van der Waals surface area contributed by atoms with Crippen molar-refractivity contribution in [1.29, 1.82) is 0 Å². The summed E-state index contributed by atoms with van der Waals surface area (Å²) in [6, 6.07) is 6.09. The molecule has 19 heavy (non-hydrogen) atoms. The average Bonchev–Trinajstić information content (AvgIpc) is 2.61. The Hall–Kier alpha value is -1.59. The molecule has 0 saturated heterocycles. The van der Waals surface area contributed by atoms with Gasteiger partial charge in [-0.1, -0.05) is 6.07 Å². The Bertz CT molecular complexity index is 613. The van der Waals surface area contributed by atoms with Gasteiger partial charge >= 0.3 is 5.76 Å². The summed E-state index contributed by atoms with van der Waals surface area (Å²) in [5.74, 6) is -0.318. The number of hydrogen-bond donors (Lipinski definition) is 1. The van der Waals surface area contributed by atoms with Gasteiger partial charge in [-0.25, -0.2) is 4.79 Å². The lowest BCUT2D eigenvalue weighted by Gasteiger charge is -2.18. The predicted molar refractivity (Wildman–Crippen MR) is 76.3 cm³/mol. The third-order valence-corrected chi connectivity index (χ3v) is 3.24. The van der Waals surface area contributed by atoms with E-state index < -0.39 is 0 Å². The molecule has 0 saturated carbocycles. The van der Waals surface area contributed by atoms with E-state index in [4.69, 9.17) is 10.2 Å². The number of nitrogens with two attached hydrogens (primary N) is 1. The number of nitrogens with zero attached hydrogens (tertiary/aromatic N) is 2. The van der Waals surface area contributed by atoms with Crippen molar-refractivity contribution < 1.29 is 4.42 Å². The van der Waals surface area contributed by atoms with Crippen molar-refractivity contribution in [3.8, 4) is 0 Å². The summed E-state index contributed by atoms with van der Waals surface area (Å²) in [6.45, 7) is 3.81. The van der Waals surface area contributed by atoms with E-state index in [0.29, 0.717) is 5.58 Å². The Morgan fingerprint density at radius 2 is 2.21 bits per heavy atom. The van der Waals surface area contributed by atoms with E-state index in [0.717, 1.165) is 25.0 Å². The molecule has 1 aromatic carbocycles. The highest BCUT2D eigenvalue weighted by molar-refractivity contribution is 5.73. The SMILES string of the molecule is CC(N)CN(C)CCc1ccc2c(c1)oc(=O)n2C. The molecule has 5 heteroatoms. The van der Waals surface area contributed by atoms with E-state index in [-0.39, 0.29) is 11.8 Å². The number of aryl methyl sites for hydroxylation is 1. The second-order valence-corrected chi connectivity index (χ2v) is 5.22. The van der Waals surface area contributed by atoms with Crippen LogP contribution in [0.4, 0.5) is 0 Å². The minimum absolute atomic E-state index is 0.180. The van der Waals surface area contributed by atoms with Gasteiger partial charge in [0.15, 0.2) is 5.58 Å². The zero-order valence-corrected chi connectivity index (χ0v) is 11.7. The molecular formula is C14H21N3O2. The van der Waals surface area contributed by atoms with Crippen molar-refractivity contribution >= 4 is 11.1 Å². The lowest BCUT2D eigenvalue weighted by molar-refractivity contribution is 0.321. The second-order valence-electron chi connectivity index (χ2n) is 5.22. The average molecular weight is 263 g/mol. The Balaban J connectivity index is 2.07. The summed E-state index contributed by atoms with van der Waals surface area (Å²) in [4.78, 5) is 13.6. The van der Waals surface area contributed by atoms with Crippen molar-refractivity contribution in [2.24, 2.45) is 12.8 Å². The van der Waals surface area contributed by atoms with E-state index in [1.54, 1.807) is 7.05 Å². The fraction of sp³-hybridized carbons (Fsp3) is 0.500. The monoisotopic (exact) mass is 263 g/mol. The fourth-order valence-corrected chi connectivity index (χ4v) is 2.24. The van der Waals surface area contributed by atoms with Gasteiger partial charge in [-0.15, -0.1) is 0 Å². The maximum absolute atomic E-state index is 11.4. The van der Waals surface area contributed by atoms with Gasteiger partial charge in [0.25, 0.3) is 0 Å². The molecule has 1 aromatic heterocycles. The molecule has 2 N–H and O–H groups in total. The summed E-state index contributed by atoms with van der Waals surface area (Å²) in [5.41, 5.74) is 8.41. The maximum Gasteiger partial charge on any atom is 0.419 e. The summed E-state index contributed by atoms with van der Waals surface area (Å²) in [7, 11) is 3.77. The second kappa shape index (κ2) is 5.59. The number of likely N-dealkylation sites (N-methyl/N-ethyl adjacent to an activating group) is 1. The number of aromatic nitrogens is 1. The van der Waals surface area contributed by atoms with Crippen LogP contribution in [0.1, 0.15) is 12.5 Å². The van der Waals surface area contributed by atoms with Crippen molar-refractivity contribution in [2.45, 2.75) is 19.4 Å². The van der Waals surface area contributed by atoms with Gasteiger partial charge < -0.3 is 15.1 Å². The summed E-state index contributed by atoms with van der Waals surface area (Å²) in [6.07, 6.45) is 0.914. The summed E-state index contributed by atoms with van der Waals surface area (Å²) < 4.78 is 6.70. The van der Waals surface area contributed by atoms with E-state index in [1.165, 1.54) is 10.1 Å². The third kappa shape index (κ3) is 3.24.